The molecular formula is C27H28O5. The second kappa shape index (κ2) is 10.6. The van der Waals surface area contributed by atoms with Gasteiger partial charge in [0.2, 0.25) is 0 Å². The Morgan fingerprint density at radius 1 is 1.03 bits per heavy atom. The summed E-state index contributed by atoms with van der Waals surface area (Å²) in [5.74, 6) is 0.253. The summed E-state index contributed by atoms with van der Waals surface area (Å²) >= 11 is 0. The average Bonchev–Trinajstić information content (AvgIpc) is 3.59. The van der Waals surface area contributed by atoms with Gasteiger partial charge in [-0.05, 0) is 72.4 Å². The molecule has 2 atom stereocenters. The summed E-state index contributed by atoms with van der Waals surface area (Å²) in [6.07, 6.45) is 3.65. The molecule has 0 spiro atoms. The highest BCUT2D eigenvalue weighted by Crippen LogP contribution is 2.48. The van der Waals surface area contributed by atoms with E-state index in [0.717, 1.165) is 29.2 Å². The van der Waals surface area contributed by atoms with Crippen molar-refractivity contribution >= 4 is 28.8 Å². The molecular weight excluding hydrogens is 404 g/mol. The SMILES string of the molecule is CCOC(=O)C1CC1c1ccc(OC)cc1.Cc1ccc2cc(/C=C/C(=O)O)ccc2c1. The van der Waals surface area contributed by atoms with Crippen LogP contribution >= 0.6 is 0 Å². The number of methoxy groups -OCH3 is 1. The van der Waals surface area contributed by atoms with Crippen LogP contribution in [0.1, 0.15) is 36.0 Å². The first-order chi connectivity index (χ1) is 15.4. The fourth-order valence-electron chi connectivity index (χ4n) is 3.58. The first-order valence-electron chi connectivity index (χ1n) is 10.6. The van der Waals surface area contributed by atoms with E-state index < -0.39 is 5.97 Å². The van der Waals surface area contributed by atoms with Crippen molar-refractivity contribution in [2.75, 3.05) is 13.7 Å². The van der Waals surface area contributed by atoms with Crippen molar-refractivity contribution in [1.29, 1.82) is 0 Å². The van der Waals surface area contributed by atoms with E-state index in [0.29, 0.717) is 12.5 Å². The molecule has 0 aliphatic heterocycles. The lowest BCUT2D eigenvalue weighted by molar-refractivity contribution is -0.144. The number of esters is 1. The Balaban J connectivity index is 0.000000181. The molecule has 3 aromatic rings. The van der Waals surface area contributed by atoms with Gasteiger partial charge < -0.3 is 14.6 Å². The smallest absolute Gasteiger partial charge is 0.328 e. The van der Waals surface area contributed by atoms with Crippen LogP contribution in [0.15, 0.2) is 66.7 Å². The zero-order valence-electron chi connectivity index (χ0n) is 18.6. The molecule has 4 rings (SSSR count). The summed E-state index contributed by atoms with van der Waals surface area (Å²) in [5.41, 5.74) is 3.32. The van der Waals surface area contributed by atoms with Crippen LogP contribution in [0, 0.1) is 12.8 Å². The Bertz CT molecular complexity index is 1110. The van der Waals surface area contributed by atoms with E-state index in [1.165, 1.54) is 16.5 Å². The van der Waals surface area contributed by atoms with Crippen LogP contribution in [0.4, 0.5) is 0 Å². The van der Waals surface area contributed by atoms with Crippen molar-refractivity contribution in [3.05, 3.63) is 83.4 Å². The largest absolute Gasteiger partial charge is 0.497 e. The normalized spacial score (nSPS) is 16.8. The van der Waals surface area contributed by atoms with E-state index in [4.69, 9.17) is 14.6 Å². The third-order valence-corrected chi connectivity index (χ3v) is 5.36. The van der Waals surface area contributed by atoms with Crippen LogP contribution in [0.3, 0.4) is 0 Å². The number of fused-ring (bicyclic) bond motifs is 1. The van der Waals surface area contributed by atoms with Crippen LogP contribution < -0.4 is 4.74 Å². The van der Waals surface area contributed by atoms with Crippen LogP contribution in [0.25, 0.3) is 16.8 Å². The number of benzene rings is 3. The van der Waals surface area contributed by atoms with E-state index in [1.807, 2.05) is 61.5 Å². The van der Waals surface area contributed by atoms with Gasteiger partial charge in [-0.25, -0.2) is 4.79 Å². The number of ether oxygens (including phenoxy) is 2. The van der Waals surface area contributed by atoms with Crippen LogP contribution in [0.5, 0.6) is 5.75 Å². The molecule has 5 nitrogen and oxygen atoms in total. The number of aliphatic carboxylic acids is 1. The monoisotopic (exact) mass is 432 g/mol. The van der Waals surface area contributed by atoms with Gasteiger partial charge in [0.25, 0.3) is 0 Å². The number of carbonyl (C=O) groups is 2. The molecule has 1 fully saturated rings. The molecule has 166 valence electrons. The first kappa shape index (κ1) is 23.1. The Hall–Kier alpha value is -3.60. The van der Waals surface area contributed by atoms with Crippen molar-refractivity contribution in [3.8, 4) is 5.75 Å². The molecule has 1 saturated carbocycles. The van der Waals surface area contributed by atoms with E-state index in [9.17, 15) is 9.59 Å². The maximum atomic E-state index is 11.5. The van der Waals surface area contributed by atoms with Gasteiger partial charge in [-0.3, -0.25) is 4.79 Å². The third kappa shape index (κ3) is 6.20. The van der Waals surface area contributed by atoms with Gasteiger partial charge in [-0.15, -0.1) is 0 Å². The molecule has 3 aromatic carbocycles. The Kier molecular flexibility index (Phi) is 7.66. The summed E-state index contributed by atoms with van der Waals surface area (Å²) in [5, 5.41) is 10.8. The highest BCUT2D eigenvalue weighted by molar-refractivity contribution is 5.89. The number of hydrogen-bond acceptors (Lipinski definition) is 4. The van der Waals surface area contributed by atoms with Gasteiger partial charge in [-0.1, -0.05) is 48.0 Å². The summed E-state index contributed by atoms with van der Waals surface area (Å²) in [7, 11) is 1.65. The third-order valence-electron chi connectivity index (χ3n) is 5.36. The van der Waals surface area contributed by atoms with Crippen molar-refractivity contribution in [2.24, 2.45) is 5.92 Å². The number of carboxylic acids is 1. The Morgan fingerprint density at radius 2 is 1.72 bits per heavy atom. The number of carboxylic acid groups (broad SMARTS) is 1. The zero-order valence-corrected chi connectivity index (χ0v) is 18.6. The second-order valence-electron chi connectivity index (χ2n) is 7.76. The molecule has 32 heavy (non-hydrogen) atoms. The summed E-state index contributed by atoms with van der Waals surface area (Å²) in [6, 6.07) is 20.0. The first-order valence-corrected chi connectivity index (χ1v) is 10.6. The van der Waals surface area contributed by atoms with Crippen LogP contribution in [0.2, 0.25) is 0 Å². The average molecular weight is 433 g/mol. The molecule has 1 aliphatic rings. The molecule has 1 aliphatic carbocycles. The number of carbonyl (C=O) groups excluding carboxylic acids is 1. The van der Waals surface area contributed by atoms with Gasteiger partial charge >= 0.3 is 11.9 Å². The molecule has 5 heteroatoms. The van der Waals surface area contributed by atoms with Gasteiger partial charge in [0.1, 0.15) is 5.75 Å². The van der Waals surface area contributed by atoms with Crippen molar-refractivity contribution in [1.82, 2.24) is 0 Å². The quantitative estimate of drug-likeness (QED) is 0.405. The lowest BCUT2D eigenvalue weighted by atomic mass is 10.0. The van der Waals surface area contributed by atoms with Crippen molar-refractivity contribution < 1.29 is 24.2 Å². The summed E-state index contributed by atoms with van der Waals surface area (Å²) in [6.45, 7) is 4.35. The van der Waals surface area contributed by atoms with Crippen LogP contribution in [-0.2, 0) is 14.3 Å². The second-order valence-corrected chi connectivity index (χ2v) is 7.76. The minimum Gasteiger partial charge on any atom is -0.497 e. The minimum atomic E-state index is -0.927. The minimum absolute atomic E-state index is 0.0633. The molecule has 0 bridgehead atoms. The predicted molar refractivity (Wildman–Crippen MR) is 126 cm³/mol. The van der Waals surface area contributed by atoms with Gasteiger partial charge in [-0.2, -0.15) is 0 Å². The van der Waals surface area contributed by atoms with Gasteiger partial charge in [0.05, 0.1) is 19.6 Å². The topological polar surface area (TPSA) is 72.8 Å². The maximum Gasteiger partial charge on any atom is 0.328 e. The molecule has 0 saturated heterocycles. The molecule has 2 unspecified atom stereocenters. The van der Waals surface area contributed by atoms with Crippen molar-refractivity contribution in [2.45, 2.75) is 26.2 Å². The van der Waals surface area contributed by atoms with Crippen molar-refractivity contribution in [3.63, 3.8) is 0 Å². The van der Waals surface area contributed by atoms with Gasteiger partial charge in [0, 0.05) is 6.08 Å². The number of hydrogen-bond donors (Lipinski definition) is 1. The van der Waals surface area contributed by atoms with E-state index in [-0.39, 0.29) is 11.9 Å². The Labute approximate surface area is 188 Å². The van der Waals surface area contributed by atoms with Crippen LogP contribution in [-0.4, -0.2) is 30.8 Å². The fraction of sp³-hybridized carbons (Fsp3) is 0.259. The molecule has 1 N–H and O–H groups in total. The molecule has 0 aromatic heterocycles. The van der Waals surface area contributed by atoms with Gasteiger partial charge in [0.15, 0.2) is 0 Å². The summed E-state index contributed by atoms with van der Waals surface area (Å²) < 4.78 is 10.1. The predicted octanol–water partition coefficient (Wildman–Crippen LogP) is 5.61. The van der Waals surface area contributed by atoms with E-state index in [2.05, 4.69) is 13.0 Å². The maximum absolute atomic E-state index is 11.5. The standard InChI is InChI=1S/C14H12O2.C13H16O3/c1-10-2-5-13-9-11(4-7-14(15)16)3-6-12(13)8-10;1-3-16-13(14)12-8-11(12)9-4-6-10(15-2)7-5-9/h2-9H,1H3,(H,15,16);4-7,11-12H,3,8H2,1-2H3/b7-4+;. The molecule has 0 amide bonds. The highest BCUT2D eigenvalue weighted by Gasteiger charge is 2.45. The van der Waals surface area contributed by atoms with E-state index in [1.54, 1.807) is 13.2 Å². The molecule has 0 radical (unpaired) electrons. The highest BCUT2D eigenvalue weighted by atomic mass is 16.5. The molecule has 0 heterocycles. The Morgan fingerprint density at radius 3 is 2.38 bits per heavy atom. The number of aryl methyl sites for hydroxylation is 1. The lowest BCUT2D eigenvalue weighted by Gasteiger charge is -2.03. The fourth-order valence-corrected chi connectivity index (χ4v) is 3.58. The van der Waals surface area contributed by atoms with E-state index >= 15 is 0 Å². The summed E-state index contributed by atoms with van der Waals surface area (Å²) in [4.78, 5) is 21.9. The lowest BCUT2D eigenvalue weighted by Crippen LogP contribution is -2.07. The zero-order chi connectivity index (χ0) is 23.1. The number of rotatable bonds is 6.